The van der Waals surface area contributed by atoms with Gasteiger partial charge in [-0.25, -0.2) is 4.68 Å². The number of nitrogens with zero attached hydrogens (tertiary/aromatic N) is 3. The van der Waals surface area contributed by atoms with Crippen molar-refractivity contribution in [1.82, 2.24) is 9.78 Å². The molecule has 2 aliphatic rings. The van der Waals surface area contributed by atoms with Crippen LogP contribution in [0.15, 0.2) is 30.3 Å². The van der Waals surface area contributed by atoms with Gasteiger partial charge in [-0.05, 0) is 37.8 Å². The van der Waals surface area contributed by atoms with Gasteiger partial charge in [-0.15, -0.1) is 5.10 Å². The van der Waals surface area contributed by atoms with Crippen molar-refractivity contribution in [3.8, 4) is 17.3 Å². The van der Waals surface area contributed by atoms with Gasteiger partial charge in [0, 0.05) is 25.2 Å². The zero-order chi connectivity index (χ0) is 18.6. The molecule has 27 heavy (non-hydrogen) atoms. The Balaban J connectivity index is 1.64. The van der Waals surface area contributed by atoms with Crippen LogP contribution in [0.25, 0.3) is 5.69 Å². The van der Waals surface area contributed by atoms with Crippen LogP contribution in [0.3, 0.4) is 0 Å². The summed E-state index contributed by atoms with van der Waals surface area (Å²) in [5.74, 6) is 2.44. The van der Waals surface area contributed by atoms with Crippen LogP contribution in [0.2, 0.25) is 0 Å². The molecule has 1 saturated carbocycles. The van der Waals surface area contributed by atoms with Crippen molar-refractivity contribution in [3.05, 3.63) is 30.3 Å². The van der Waals surface area contributed by atoms with Crippen LogP contribution in [0.4, 0.5) is 5.82 Å². The summed E-state index contributed by atoms with van der Waals surface area (Å²) in [4.78, 5) is 2.28. The molecule has 0 atom stereocenters. The van der Waals surface area contributed by atoms with E-state index >= 15 is 0 Å². The van der Waals surface area contributed by atoms with Gasteiger partial charge in [-0.3, -0.25) is 0 Å². The van der Waals surface area contributed by atoms with E-state index in [1.165, 1.54) is 0 Å². The molecular weight excluding hydrogens is 344 g/mol. The molecule has 7 heteroatoms. The average molecular weight is 372 g/mol. The summed E-state index contributed by atoms with van der Waals surface area (Å²) in [6, 6.07) is 10.3. The van der Waals surface area contributed by atoms with Crippen molar-refractivity contribution in [3.63, 3.8) is 0 Å². The third-order valence-electron chi connectivity index (χ3n) is 5.32. The molecule has 1 aliphatic carbocycles. The molecule has 2 aromatic rings. The van der Waals surface area contributed by atoms with Crippen LogP contribution >= 0.6 is 0 Å². The van der Waals surface area contributed by atoms with Crippen molar-refractivity contribution in [2.75, 3.05) is 38.3 Å². The Morgan fingerprint density at radius 1 is 1.11 bits per heavy atom. The number of ether oxygens (including phenoxy) is 3. The Bertz CT molecular complexity index is 749. The van der Waals surface area contributed by atoms with Gasteiger partial charge in [-0.2, -0.15) is 0 Å². The summed E-state index contributed by atoms with van der Waals surface area (Å²) in [7, 11) is 1.68. The molecule has 2 heterocycles. The third kappa shape index (κ3) is 4.04. The van der Waals surface area contributed by atoms with Crippen LogP contribution in [0.5, 0.6) is 11.6 Å². The second-order valence-corrected chi connectivity index (χ2v) is 7.18. The first-order valence-electron chi connectivity index (χ1n) is 9.73. The summed E-state index contributed by atoms with van der Waals surface area (Å²) >= 11 is 0. The van der Waals surface area contributed by atoms with Gasteiger partial charge in [0.2, 0.25) is 5.88 Å². The average Bonchev–Trinajstić information content (AvgIpc) is 3.14. The minimum atomic E-state index is 0.184. The van der Waals surface area contributed by atoms with E-state index in [4.69, 9.17) is 25.0 Å². The molecule has 0 spiro atoms. The Morgan fingerprint density at radius 2 is 1.85 bits per heavy atom. The molecule has 4 rings (SSSR count). The number of anilines is 1. The SMILES string of the molecule is COc1ccccc1-n1nc(OC2CCC(N)CC2)cc1N1CCOCC1. The Kier molecular flexibility index (Phi) is 5.50. The highest BCUT2D eigenvalue weighted by Crippen LogP contribution is 2.32. The largest absolute Gasteiger partial charge is 0.494 e. The highest BCUT2D eigenvalue weighted by molar-refractivity contribution is 5.55. The molecular formula is C20H28N4O3. The fourth-order valence-electron chi connectivity index (χ4n) is 3.78. The van der Waals surface area contributed by atoms with E-state index in [1.807, 2.05) is 35.0 Å². The molecule has 1 saturated heterocycles. The standard InChI is InChI=1S/C20H28N4O3/c1-25-18-5-3-2-4-17(18)24-20(23-10-12-26-13-11-23)14-19(22-24)27-16-8-6-15(21)7-9-16/h2-5,14-16H,6-13,21H2,1H3. The predicted octanol–water partition coefficient (Wildman–Crippen LogP) is 2.37. The van der Waals surface area contributed by atoms with Gasteiger partial charge in [0.15, 0.2) is 0 Å². The van der Waals surface area contributed by atoms with Crippen molar-refractivity contribution in [2.24, 2.45) is 5.73 Å². The molecule has 1 aliphatic heterocycles. The summed E-state index contributed by atoms with van der Waals surface area (Å²) in [5.41, 5.74) is 6.92. The summed E-state index contributed by atoms with van der Waals surface area (Å²) in [6.07, 6.45) is 4.16. The molecule has 2 N–H and O–H groups in total. The monoisotopic (exact) mass is 372 g/mol. The highest BCUT2D eigenvalue weighted by Gasteiger charge is 2.24. The molecule has 146 valence electrons. The van der Waals surface area contributed by atoms with Gasteiger partial charge in [0.25, 0.3) is 0 Å². The second-order valence-electron chi connectivity index (χ2n) is 7.18. The van der Waals surface area contributed by atoms with E-state index in [9.17, 15) is 0 Å². The third-order valence-corrected chi connectivity index (χ3v) is 5.32. The topological polar surface area (TPSA) is 74.8 Å². The number of hydrogen-bond donors (Lipinski definition) is 1. The van der Waals surface area contributed by atoms with Gasteiger partial charge in [-0.1, -0.05) is 12.1 Å². The number of hydrogen-bond acceptors (Lipinski definition) is 6. The molecule has 0 amide bonds. The van der Waals surface area contributed by atoms with Crippen LogP contribution in [-0.2, 0) is 4.74 Å². The van der Waals surface area contributed by atoms with Crippen LogP contribution in [0, 0.1) is 0 Å². The smallest absolute Gasteiger partial charge is 0.235 e. The van der Waals surface area contributed by atoms with Crippen LogP contribution in [-0.4, -0.2) is 55.3 Å². The lowest BCUT2D eigenvalue weighted by Crippen LogP contribution is -2.37. The van der Waals surface area contributed by atoms with Crippen LogP contribution in [0.1, 0.15) is 25.7 Å². The van der Waals surface area contributed by atoms with E-state index in [-0.39, 0.29) is 6.10 Å². The maximum absolute atomic E-state index is 6.22. The van der Waals surface area contributed by atoms with Crippen molar-refractivity contribution < 1.29 is 14.2 Å². The first-order chi connectivity index (χ1) is 13.2. The normalized spacial score (nSPS) is 23.3. The predicted molar refractivity (Wildman–Crippen MR) is 104 cm³/mol. The lowest BCUT2D eigenvalue weighted by Gasteiger charge is -2.29. The number of aromatic nitrogens is 2. The number of morpholine rings is 1. The van der Waals surface area contributed by atoms with E-state index < -0.39 is 0 Å². The molecule has 0 unspecified atom stereocenters. The fraction of sp³-hybridized carbons (Fsp3) is 0.550. The van der Waals surface area contributed by atoms with Crippen LogP contribution < -0.4 is 20.1 Å². The molecule has 2 fully saturated rings. The summed E-state index contributed by atoms with van der Waals surface area (Å²) in [5, 5.41) is 4.78. The zero-order valence-corrected chi connectivity index (χ0v) is 15.8. The van der Waals surface area contributed by atoms with E-state index in [1.54, 1.807) is 7.11 Å². The van der Waals surface area contributed by atoms with Crippen molar-refractivity contribution in [2.45, 2.75) is 37.8 Å². The molecule has 0 radical (unpaired) electrons. The van der Waals surface area contributed by atoms with Crippen molar-refractivity contribution >= 4 is 5.82 Å². The Morgan fingerprint density at radius 3 is 2.59 bits per heavy atom. The zero-order valence-electron chi connectivity index (χ0n) is 15.8. The number of benzene rings is 1. The fourth-order valence-corrected chi connectivity index (χ4v) is 3.78. The number of nitrogens with two attached hydrogens (primary N) is 1. The number of rotatable bonds is 5. The lowest BCUT2D eigenvalue weighted by atomic mass is 9.94. The molecule has 1 aromatic carbocycles. The summed E-state index contributed by atoms with van der Waals surface area (Å²) < 4.78 is 19.2. The van der Waals surface area contributed by atoms with Gasteiger partial charge in [0.1, 0.15) is 23.4 Å². The Labute approximate surface area is 160 Å². The van der Waals surface area contributed by atoms with E-state index in [0.29, 0.717) is 25.1 Å². The molecule has 1 aromatic heterocycles. The minimum Gasteiger partial charge on any atom is -0.494 e. The Hall–Kier alpha value is -2.25. The minimum absolute atomic E-state index is 0.184. The van der Waals surface area contributed by atoms with Gasteiger partial charge >= 0.3 is 0 Å². The maximum atomic E-state index is 6.22. The first-order valence-corrected chi connectivity index (χ1v) is 9.73. The number of para-hydroxylation sites is 2. The van der Waals surface area contributed by atoms with Gasteiger partial charge < -0.3 is 24.8 Å². The summed E-state index contributed by atoms with van der Waals surface area (Å²) in [6.45, 7) is 3.10. The molecule has 7 nitrogen and oxygen atoms in total. The highest BCUT2D eigenvalue weighted by atomic mass is 16.5. The first kappa shape index (κ1) is 18.1. The lowest BCUT2D eigenvalue weighted by molar-refractivity contribution is 0.122. The van der Waals surface area contributed by atoms with Crippen molar-refractivity contribution in [1.29, 1.82) is 0 Å². The second kappa shape index (κ2) is 8.19. The quantitative estimate of drug-likeness (QED) is 0.869. The van der Waals surface area contributed by atoms with E-state index in [2.05, 4.69) is 4.90 Å². The van der Waals surface area contributed by atoms with Gasteiger partial charge in [0.05, 0.1) is 20.3 Å². The molecule has 0 bridgehead atoms. The number of methoxy groups -OCH3 is 1. The van der Waals surface area contributed by atoms with E-state index in [0.717, 1.165) is 56.0 Å². The maximum Gasteiger partial charge on any atom is 0.235 e.